The molecule has 1 rings (SSSR count). The van der Waals surface area contributed by atoms with Gasteiger partial charge in [0.2, 0.25) is 0 Å². The Kier molecular flexibility index (Phi) is 4.22. The molecule has 1 fully saturated rings. The summed E-state index contributed by atoms with van der Waals surface area (Å²) in [6.07, 6.45) is 3.30. The third-order valence-electron chi connectivity index (χ3n) is 2.41. The number of hydrogen-bond acceptors (Lipinski definition) is 3. The molecule has 0 aromatic heterocycles. The fourth-order valence-corrected chi connectivity index (χ4v) is 1.24. The third kappa shape index (κ3) is 3.77. The number of esters is 1. The predicted octanol–water partition coefficient (Wildman–Crippen LogP) is 1.33. The Morgan fingerprint density at radius 2 is 2.31 bits per heavy atom. The van der Waals surface area contributed by atoms with Crippen molar-refractivity contribution in [2.24, 2.45) is 5.92 Å². The second-order valence-corrected chi connectivity index (χ2v) is 3.68. The van der Waals surface area contributed by atoms with Gasteiger partial charge >= 0.3 is 5.97 Å². The topological polar surface area (TPSA) is 48.2 Å². The van der Waals surface area contributed by atoms with Crippen LogP contribution in [0.15, 0.2) is 0 Å². The van der Waals surface area contributed by atoms with Crippen LogP contribution in [0.25, 0.3) is 0 Å². The monoisotopic (exact) mass is 185 g/mol. The summed E-state index contributed by atoms with van der Waals surface area (Å²) in [6, 6.07) is 0.374. The SMILES string of the molecule is CCCCCOC(=O)C(C)C1CN1. The second kappa shape index (κ2) is 5.22. The van der Waals surface area contributed by atoms with E-state index in [-0.39, 0.29) is 11.9 Å². The van der Waals surface area contributed by atoms with Crippen LogP contribution in [0, 0.1) is 5.92 Å². The number of carbonyl (C=O) groups excluding carboxylic acids is 1. The van der Waals surface area contributed by atoms with Crippen molar-refractivity contribution in [2.75, 3.05) is 13.2 Å². The van der Waals surface area contributed by atoms with Gasteiger partial charge in [0.1, 0.15) is 0 Å². The molecule has 2 unspecified atom stereocenters. The molecule has 0 amide bonds. The third-order valence-corrected chi connectivity index (χ3v) is 2.41. The summed E-state index contributed by atoms with van der Waals surface area (Å²) in [6.45, 7) is 5.61. The van der Waals surface area contributed by atoms with Crippen molar-refractivity contribution in [1.29, 1.82) is 0 Å². The highest BCUT2D eigenvalue weighted by molar-refractivity contribution is 5.73. The largest absolute Gasteiger partial charge is 0.465 e. The molecule has 1 heterocycles. The van der Waals surface area contributed by atoms with E-state index < -0.39 is 0 Å². The number of unbranched alkanes of at least 4 members (excludes halogenated alkanes) is 2. The Labute approximate surface area is 79.8 Å². The molecule has 0 aromatic carbocycles. The Bertz CT molecular complexity index is 166. The van der Waals surface area contributed by atoms with E-state index >= 15 is 0 Å². The number of ether oxygens (including phenoxy) is 1. The van der Waals surface area contributed by atoms with E-state index in [4.69, 9.17) is 4.74 Å². The van der Waals surface area contributed by atoms with Gasteiger partial charge in [-0.05, 0) is 6.42 Å². The molecule has 0 bridgehead atoms. The molecule has 1 saturated heterocycles. The number of hydrogen-bond donors (Lipinski definition) is 1. The van der Waals surface area contributed by atoms with E-state index in [1.165, 1.54) is 0 Å². The molecular formula is C10H19NO2. The molecule has 0 spiro atoms. The van der Waals surface area contributed by atoms with Crippen LogP contribution in [0.2, 0.25) is 0 Å². The van der Waals surface area contributed by atoms with Crippen LogP contribution < -0.4 is 5.32 Å². The van der Waals surface area contributed by atoms with Crippen molar-refractivity contribution in [3.05, 3.63) is 0 Å². The highest BCUT2D eigenvalue weighted by Crippen LogP contribution is 2.13. The first kappa shape index (κ1) is 10.5. The summed E-state index contributed by atoms with van der Waals surface area (Å²) >= 11 is 0. The van der Waals surface area contributed by atoms with Crippen LogP contribution >= 0.6 is 0 Å². The average molecular weight is 185 g/mol. The smallest absolute Gasteiger partial charge is 0.310 e. The van der Waals surface area contributed by atoms with Crippen molar-refractivity contribution in [3.63, 3.8) is 0 Å². The molecule has 2 atom stereocenters. The first-order chi connectivity index (χ1) is 6.25. The lowest BCUT2D eigenvalue weighted by molar-refractivity contribution is -0.148. The Balaban J connectivity index is 2.02. The van der Waals surface area contributed by atoms with Crippen LogP contribution in [0.5, 0.6) is 0 Å². The molecule has 1 aliphatic heterocycles. The van der Waals surface area contributed by atoms with Gasteiger partial charge in [0.25, 0.3) is 0 Å². The zero-order valence-corrected chi connectivity index (χ0v) is 8.51. The molecule has 0 saturated carbocycles. The first-order valence-electron chi connectivity index (χ1n) is 5.15. The van der Waals surface area contributed by atoms with E-state index in [9.17, 15) is 4.79 Å². The van der Waals surface area contributed by atoms with Gasteiger partial charge in [-0.3, -0.25) is 4.79 Å². The van der Waals surface area contributed by atoms with Crippen LogP contribution in [-0.4, -0.2) is 25.2 Å². The van der Waals surface area contributed by atoms with Gasteiger partial charge < -0.3 is 10.1 Å². The number of nitrogens with one attached hydrogen (secondary N) is 1. The van der Waals surface area contributed by atoms with Gasteiger partial charge in [-0.1, -0.05) is 26.7 Å². The highest BCUT2D eigenvalue weighted by atomic mass is 16.5. The normalized spacial score (nSPS) is 22.5. The summed E-state index contributed by atoms with van der Waals surface area (Å²) in [5, 5.41) is 3.12. The Morgan fingerprint density at radius 1 is 1.62 bits per heavy atom. The quantitative estimate of drug-likeness (QED) is 0.386. The van der Waals surface area contributed by atoms with Crippen LogP contribution in [0.4, 0.5) is 0 Å². The van der Waals surface area contributed by atoms with Gasteiger partial charge in [-0.2, -0.15) is 0 Å². The van der Waals surface area contributed by atoms with E-state index in [2.05, 4.69) is 12.2 Å². The second-order valence-electron chi connectivity index (χ2n) is 3.68. The maximum atomic E-state index is 11.3. The maximum Gasteiger partial charge on any atom is 0.310 e. The molecule has 3 nitrogen and oxygen atoms in total. The lowest BCUT2D eigenvalue weighted by atomic mass is 10.1. The Morgan fingerprint density at radius 3 is 2.85 bits per heavy atom. The van der Waals surface area contributed by atoms with E-state index in [0.29, 0.717) is 12.6 Å². The minimum Gasteiger partial charge on any atom is -0.465 e. The predicted molar refractivity (Wildman–Crippen MR) is 51.4 cm³/mol. The van der Waals surface area contributed by atoms with Crippen molar-refractivity contribution in [3.8, 4) is 0 Å². The van der Waals surface area contributed by atoms with Gasteiger partial charge in [-0.15, -0.1) is 0 Å². The summed E-state index contributed by atoms with van der Waals surface area (Å²) in [7, 11) is 0. The van der Waals surface area contributed by atoms with Crippen LogP contribution in [0.3, 0.4) is 0 Å². The number of rotatable bonds is 6. The van der Waals surface area contributed by atoms with Gasteiger partial charge in [-0.25, -0.2) is 0 Å². The van der Waals surface area contributed by atoms with Crippen molar-refractivity contribution in [1.82, 2.24) is 5.32 Å². The standard InChI is InChI=1S/C10H19NO2/c1-3-4-5-6-13-10(12)8(2)9-7-11-9/h8-9,11H,3-7H2,1-2H3. The van der Waals surface area contributed by atoms with Crippen LogP contribution in [-0.2, 0) is 9.53 Å². The molecule has 3 heteroatoms. The Hall–Kier alpha value is -0.570. The summed E-state index contributed by atoms with van der Waals surface area (Å²) < 4.78 is 5.13. The molecular weight excluding hydrogens is 166 g/mol. The van der Waals surface area contributed by atoms with Crippen molar-refractivity contribution in [2.45, 2.75) is 39.2 Å². The fraction of sp³-hybridized carbons (Fsp3) is 0.900. The van der Waals surface area contributed by atoms with Crippen molar-refractivity contribution < 1.29 is 9.53 Å². The molecule has 76 valence electrons. The summed E-state index contributed by atoms with van der Waals surface area (Å²) in [5.41, 5.74) is 0. The summed E-state index contributed by atoms with van der Waals surface area (Å²) in [5.74, 6) is -0.0206. The van der Waals surface area contributed by atoms with E-state index in [0.717, 1.165) is 25.8 Å². The minimum atomic E-state index is -0.0499. The lowest BCUT2D eigenvalue weighted by Crippen LogP contribution is -2.21. The highest BCUT2D eigenvalue weighted by Gasteiger charge is 2.32. The average Bonchev–Trinajstić information content (AvgIpc) is 2.94. The molecule has 1 N–H and O–H groups in total. The molecule has 0 radical (unpaired) electrons. The molecule has 0 aromatic rings. The van der Waals surface area contributed by atoms with Gasteiger partial charge in [0.05, 0.1) is 12.5 Å². The zero-order chi connectivity index (χ0) is 9.68. The molecule has 1 aliphatic rings. The first-order valence-corrected chi connectivity index (χ1v) is 5.15. The van der Waals surface area contributed by atoms with E-state index in [1.807, 2.05) is 6.92 Å². The number of carbonyl (C=O) groups is 1. The van der Waals surface area contributed by atoms with Gasteiger partial charge in [0.15, 0.2) is 0 Å². The van der Waals surface area contributed by atoms with Gasteiger partial charge in [0, 0.05) is 12.6 Å². The fourth-order valence-electron chi connectivity index (χ4n) is 1.24. The zero-order valence-electron chi connectivity index (χ0n) is 8.51. The van der Waals surface area contributed by atoms with Crippen LogP contribution in [0.1, 0.15) is 33.1 Å². The molecule has 0 aliphatic carbocycles. The minimum absolute atomic E-state index is 0.0293. The lowest BCUT2D eigenvalue weighted by Gasteiger charge is -2.08. The summed E-state index contributed by atoms with van der Waals surface area (Å²) in [4.78, 5) is 11.3. The molecule has 13 heavy (non-hydrogen) atoms. The van der Waals surface area contributed by atoms with Crippen molar-refractivity contribution >= 4 is 5.97 Å². The van der Waals surface area contributed by atoms with E-state index in [1.54, 1.807) is 0 Å². The maximum absolute atomic E-state index is 11.3.